The van der Waals surface area contributed by atoms with Gasteiger partial charge >= 0.3 is 0 Å². The summed E-state index contributed by atoms with van der Waals surface area (Å²) in [6.45, 7) is 0.396. The van der Waals surface area contributed by atoms with Crippen molar-refractivity contribution >= 4 is 5.78 Å². The summed E-state index contributed by atoms with van der Waals surface area (Å²) in [5.41, 5.74) is 11.6. The van der Waals surface area contributed by atoms with Crippen LogP contribution in [-0.2, 0) is 12.8 Å². The zero-order chi connectivity index (χ0) is 12.1. The first-order valence-corrected chi connectivity index (χ1v) is 5.97. The molecular weight excluding hydrogens is 214 g/mol. The molecule has 0 spiro atoms. The number of carbonyl (C=O) groups excluding carboxylic acids is 1. The summed E-state index contributed by atoms with van der Waals surface area (Å²) in [4.78, 5) is 14.5. The van der Waals surface area contributed by atoms with Crippen LogP contribution in [0, 0.1) is 0 Å². The topological polar surface area (TPSA) is 65.8 Å². The van der Waals surface area contributed by atoms with Gasteiger partial charge in [0.15, 0.2) is 5.78 Å². The lowest BCUT2D eigenvalue weighted by molar-refractivity contribution is 0.0980. The highest BCUT2D eigenvalue weighted by molar-refractivity contribution is 5.96. The van der Waals surface area contributed by atoms with E-state index in [4.69, 9.17) is 5.53 Å². The number of hydrogen-bond acceptors (Lipinski definition) is 2. The van der Waals surface area contributed by atoms with Gasteiger partial charge < -0.3 is 0 Å². The zero-order valence-electron chi connectivity index (χ0n) is 9.72. The lowest BCUT2D eigenvalue weighted by Crippen LogP contribution is -2.01. The maximum absolute atomic E-state index is 11.9. The highest BCUT2D eigenvalue weighted by atomic mass is 16.1. The van der Waals surface area contributed by atoms with Crippen LogP contribution in [0.2, 0.25) is 0 Å². The monoisotopic (exact) mass is 229 g/mol. The summed E-state index contributed by atoms with van der Waals surface area (Å²) in [5, 5.41) is 3.42. The molecule has 1 aromatic rings. The molecule has 0 saturated carbocycles. The van der Waals surface area contributed by atoms with Crippen LogP contribution in [0.3, 0.4) is 0 Å². The molecule has 0 bridgehead atoms. The van der Waals surface area contributed by atoms with Crippen LogP contribution in [0.5, 0.6) is 0 Å². The fourth-order valence-electron chi connectivity index (χ4n) is 2.24. The van der Waals surface area contributed by atoms with E-state index in [-0.39, 0.29) is 5.78 Å². The molecule has 0 fully saturated rings. The van der Waals surface area contributed by atoms with E-state index in [1.54, 1.807) is 0 Å². The van der Waals surface area contributed by atoms with E-state index in [1.807, 2.05) is 12.1 Å². The lowest BCUT2D eigenvalue weighted by Gasteiger charge is -2.03. The van der Waals surface area contributed by atoms with Gasteiger partial charge in [0, 0.05) is 23.4 Å². The van der Waals surface area contributed by atoms with Crippen LogP contribution in [-0.4, -0.2) is 12.3 Å². The SMILES string of the molecule is [N-]=[N+]=NCCCC(=O)c1ccc2c(c1)CCC2. The molecule has 88 valence electrons. The predicted molar refractivity (Wildman–Crippen MR) is 66.0 cm³/mol. The Kier molecular flexibility index (Phi) is 3.78. The molecular formula is C13H15N3O. The van der Waals surface area contributed by atoms with Gasteiger partial charge in [0.1, 0.15) is 0 Å². The molecule has 1 aliphatic carbocycles. The van der Waals surface area contributed by atoms with E-state index in [1.165, 1.54) is 17.5 Å². The predicted octanol–water partition coefficient (Wildman–Crippen LogP) is 3.45. The number of azide groups is 1. The third kappa shape index (κ3) is 2.86. The first-order valence-electron chi connectivity index (χ1n) is 5.97. The Balaban J connectivity index is 1.97. The molecule has 0 N–H and O–H groups in total. The van der Waals surface area contributed by atoms with Crippen LogP contribution in [0.25, 0.3) is 10.4 Å². The molecule has 0 aliphatic heterocycles. The molecule has 2 rings (SSSR count). The third-order valence-corrected chi connectivity index (χ3v) is 3.15. The second-order valence-electron chi connectivity index (χ2n) is 4.32. The number of carbonyl (C=O) groups is 1. The van der Waals surface area contributed by atoms with Crippen LogP contribution < -0.4 is 0 Å². The third-order valence-electron chi connectivity index (χ3n) is 3.15. The summed E-state index contributed by atoms with van der Waals surface area (Å²) in [5.74, 6) is 0.146. The van der Waals surface area contributed by atoms with Crippen molar-refractivity contribution in [3.63, 3.8) is 0 Å². The molecule has 1 aromatic carbocycles. The first-order chi connectivity index (χ1) is 8.31. The average Bonchev–Trinajstić information content (AvgIpc) is 2.81. The average molecular weight is 229 g/mol. The number of benzene rings is 1. The molecule has 4 nitrogen and oxygen atoms in total. The van der Waals surface area contributed by atoms with Gasteiger partial charge in [-0.3, -0.25) is 4.79 Å². The smallest absolute Gasteiger partial charge is 0.162 e. The Morgan fingerprint density at radius 3 is 3.00 bits per heavy atom. The Hall–Kier alpha value is -1.80. The van der Waals surface area contributed by atoms with Crippen LogP contribution in [0.15, 0.2) is 23.3 Å². The molecule has 0 unspecified atom stereocenters. The Morgan fingerprint density at radius 2 is 2.18 bits per heavy atom. The largest absolute Gasteiger partial charge is 0.294 e. The van der Waals surface area contributed by atoms with E-state index in [0.717, 1.165) is 18.4 Å². The minimum absolute atomic E-state index is 0.146. The second kappa shape index (κ2) is 5.51. The van der Waals surface area contributed by atoms with E-state index < -0.39 is 0 Å². The van der Waals surface area contributed by atoms with Crippen molar-refractivity contribution in [2.45, 2.75) is 32.1 Å². The molecule has 4 heteroatoms. The van der Waals surface area contributed by atoms with Crippen LogP contribution in [0.4, 0.5) is 0 Å². The van der Waals surface area contributed by atoms with Crippen molar-refractivity contribution in [2.24, 2.45) is 5.11 Å². The summed E-state index contributed by atoms with van der Waals surface area (Å²) in [6.07, 6.45) is 4.51. The maximum Gasteiger partial charge on any atom is 0.162 e. The second-order valence-corrected chi connectivity index (χ2v) is 4.32. The fourth-order valence-corrected chi connectivity index (χ4v) is 2.24. The van der Waals surface area contributed by atoms with E-state index in [9.17, 15) is 4.79 Å². The quantitative estimate of drug-likeness (QED) is 0.251. The van der Waals surface area contributed by atoms with Gasteiger partial charge in [0.05, 0.1) is 0 Å². The molecule has 0 heterocycles. The van der Waals surface area contributed by atoms with E-state index >= 15 is 0 Å². The number of Topliss-reactive ketones (excluding diaryl/α,β-unsaturated/α-hetero) is 1. The lowest BCUT2D eigenvalue weighted by atomic mass is 10.0. The number of fused-ring (bicyclic) bond motifs is 1. The van der Waals surface area contributed by atoms with Crippen molar-refractivity contribution in [2.75, 3.05) is 6.54 Å². The van der Waals surface area contributed by atoms with Gasteiger partial charge in [-0.15, -0.1) is 0 Å². The Morgan fingerprint density at radius 1 is 1.35 bits per heavy atom. The first kappa shape index (κ1) is 11.7. The van der Waals surface area contributed by atoms with Crippen molar-refractivity contribution in [3.05, 3.63) is 45.3 Å². The number of hydrogen-bond donors (Lipinski definition) is 0. The highest BCUT2D eigenvalue weighted by Gasteiger charge is 2.13. The molecule has 0 atom stereocenters. The number of nitrogens with zero attached hydrogens (tertiary/aromatic N) is 3. The highest BCUT2D eigenvalue weighted by Crippen LogP contribution is 2.23. The van der Waals surface area contributed by atoms with Crippen LogP contribution in [0.1, 0.15) is 40.7 Å². The zero-order valence-corrected chi connectivity index (χ0v) is 9.72. The number of ketones is 1. The summed E-state index contributed by atoms with van der Waals surface area (Å²) in [6, 6.07) is 6.02. The van der Waals surface area contributed by atoms with Crippen LogP contribution >= 0.6 is 0 Å². The molecule has 0 amide bonds. The maximum atomic E-state index is 11.9. The Labute approximate surface area is 100 Å². The van der Waals surface area contributed by atoms with Crippen molar-refractivity contribution in [1.82, 2.24) is 0 Å². The molecule has 0 aromatic heterocycles. The van der Waals surface area contributed by atoms with Crippen molar-refractivity contribution in [3.8, 4) is 0 Å². The van der Waals surface area contributed by atoms with E-state index in [0.29, 0.717) is 19.4 Å². The number of aryl methyl sites for hydroxylation is 2. The van der Waals surface area contributed by atoms with Gasteiger partial charge in [0.25, 0.3) is 0 Å². The minimum Gasteiger partial charge on any atom is -0.294 e. The summed E-state index contributed by atoms with van der Waals surface area (Å²) in [7, 11) is 0. The van der Waals surface area contributed by atoms with Gasteiger partial charge in [-0.25, -0.2) is 0 Å². The molecule has 1 aliphatic rings. The van der Waals surface area contributed by atoms with Crippen molar-refractivity contribution in [1.29, 1.82) is 0 Å². The van der Waals surface area contributed by atoms with Gasteiger partial charge in [-0.1, -0.05) is 17.2 Å². The fraction of sp³-hybridized carbons (Fsp3) is 0.462. The number of rotatable bonds is 5. The Bertz CT molecular complexity index is 476. The van der Waals surface area contributed by atoms with E-state index in [2.05, 4.69) is 16.1 Å². The van der Waals surface area contributed by atoms with Gasteiger partial charge in [0.2, 0.25) is 0 Å². The molecule has 17 heavy (non-hydrogen) atoms. The minimum atomic E-state index is 0.146. The normalized spacial score (nSPS) is 12.9. The summed E-state index contributed by atoms with van der Waals surface area (Å²) >= 11 is 0. The molecule has 0 radical (unpaired) electrons. The van der Waals surface area contributed by atoms with Gasteiger partial charge in [-0.2, -0.15) is 0 Å². The van der Waals surface area contributed by atoms with Crippen molar-refractivity contribution < 1.29 is 4.79 Å². The molecule has 0 saturated heterocycles. The summed E-state index contributed by atoms with van der Waals surface area (Å²) < 4.78 is 0. The standard InChI is InChI=1S/C13H15N3O/c14-16-15-8-2-5-13(17)12-7-6-10-3-1-4-11(10)9-12/h6-7,9H,1-5,8H2. The van der Waals surface area contributed by atoms with Gasteiger partial charge in [-0.05, 0) is 48.4 Å².